The predicted molar refractivity (Wildman–Crippen MR) is 111 cm³/mol. The Kier molecular flexibility index (Phi) is 6.43. The molecule has 0 saturated heterocycles. The maximum atomic E-state index is 13.7. The van der Waals surface area contributed by atoms with Gasteiger partial charge in [0, 0.05) is 17.8 Å². The van der Waals surface area contributed by atoms with Crippen molar-refractivity contribution < 1.29 is 13.6 Å². The average molecular weight is 414 g/mol. The Balaban J connectivity index is 1.77. The maximum Gasteiger partial charge on any atom is 0.237 e. The van der Waals surface area contributed by atoms with Crippen molar-refractivity contribution in [2.75, 3.05) is 5.32 Å². The van der Waals surface area contributed by atoms with Gasteiger partial charge in [-0.2, -0.15) is 0 Å². The molecule has 1 N–H and O–H groups in total. The minimum Gasteiger partial charge on any atom is -0.325 e. The second-order valence-corrected chi connectivity index (χ2v) is 7.73. The van der Waals surface area contributed by atoms with Crippen molar-refractivity contribution in [3.8, 4) is 11.4 Å². The predicted octanol–water partition coefficient (Wildman–Crippen LogP) is 4.84. The minimum absolute atomic E-state index is 0.283. The molecular formula is C21H20F2N4OS. The number of nitrogens with one attached hydrogen (secondary N) is 1. The summed E-state index contributed by atoms with van der Waals surface area (Å²) < 4.78 is 28.7. The van der Waals surface area contributed by atoms with Crippen LogP contribution in [0.1, 0.15) is 12.5 Å². The highest BCUT2D eigenvalue weighted by Crippen LogP contribution is 2.28. The van der Waals surface area contributed by atoms with Gasteiger partial charge < -0.3 is 5.32 Å². The summed E-state index contributed by atoms with van der Waals surface area (Å²) in [6.45, 7) is 7.57. The maximum absolute atomic E-state index is 13.7. The summed E-state index contributed by atoms with van der Waals surface area (Å²) in [5, 5.41) is 11.1. The van der Waals surface area contributed by atoms with E-state index in [1.54, 1.807) is 48.8 Å². The summed E-state index contributed by atoms with van der Waals surface area (Å²) in [7, 11) is 0. The van der Waals surface area contributed by atoms with Crippen LogP contribution in [-0.2, 0) is 11.3 Å². The van der Waals surface area contributed by atoms with Gasteiger partial charge in [0.15, 0.2) is 11.0 Å². The number of halogens is 2. The van der Waals surface area contributed by atoms with Crippen molar-refractivity contribution >= 4 is 23.4 Å². The molecule has 1 aromatic heterocycles. The van der Waals surface area contributed by atoms with E-state index in [0.717, 1.165) is 0 Å². The fraction of sp³-hybridized carbons (Fsp3) is 0.190. The highest BCUT2D eigenvalue weighted by Gasteiger charge is 2.21. The first-order chi connectivity index (χ1) is 13.9. The van der Waals surface area contributed by atoms with Crippen molar-refractivity contribution in [1.82, 2.24) is 14.8 Å². The largest absolute Gasteiger partial charge is 0.325 e. The summed E-state index contributed by atoms with van der Waals surface area (Å²) in [6, 6.07) is 10.5. The van der Waals surface area contributed by atoms with Gasteiger partial charge in [0.2, 0.25) is 5.91 Å². The summed E-state index contributed by atoms with van der Waals surface area (Å²) >= 11 is 1.23. The number of benzene rings is 2. The number of amides is 1. The van der Waals surface area contributed by atoms with Gasteiger partial charge in [-0.05, 0) is 55.8 Å². The van der Waals surface area contributed by atoms with E-state index in [2.05, 4.69) is 22.1 Å². The third-order valence-electron chi connectivity index (χ3n) is 4.22. The quantitative estimate of drug-likeness (QED) is 0.444. The number of hydrogen-bond acceptors (Lipinski definition) is 4. The van der Waals surface area contributed by atoms with Gasteiger partial charge >= 0.3 is 0 Å². The molecule has 0 radical (unpaired) electrons. The second-order valence-electron chi connectivity index (χ2n) is 6.43. The van der Waals surface area contributed by atoms with Crippen molar-refractivity contribution in [2.45, 2.75) is 30.8 Å². The Bertz CT molecular complexity index is 1030. The highest BCUT2D eigenvalue weighted by atomic mass is 32.2. The van der Waals surface area contributed by atoms with Gasteiger partial charge in [-0.1, -0.05) is 23.9 Å². The summed E-state index contributed by atoms with van der Waals surface area (Å²) in [6.07, 6.45) is 1.69. The van der Waals surface area contributed by atoms with Gasteiger partial charge in [-0.15, -0.1) is 16.8 Å². The van der Waals surface area contributed by atoms with Gasteiger partial charge in [-0.3, -0.25) is 9.36 Å². The molecule has 1 heterocycles. The van der Waals surface area contributed by atoms with E-state index in [1.165, 1.54) is 30.0 Å². The normalized spacial score (nSPS) is 11.9. The highest BCUT2D eigenvalue weighted by molar-refractivity contribution is 8.00. The molecule has 29 heavy (non-hydrogen) atoms. The number of thioether (sulfide) groups is 1. The number of rotatable bonds is 7. The van der Waals surface area contributed by atoms with E-state index in [0.29, 0.717) is 34.3 Å². The molecule has 1 atom stereocenters. The lowest BCUT2D eigenvalue weighted by Crippen LogP contribution is -2.23. The van der Waals surface area contributed by atoms with Crippen LogP contribution < -0.4 is 5.32 Å². The molecule has 0 bridgehead atoms. The van der Waals surface area contributed by atoms with E-state index < -0.39 is 5.25 Å². The molecular weight excluding hydrogens is 394 g/mol. The molecule has 0 saturated carbocycles. The van der Waals surface area contributed by atoms with Crippen LogP contribution in [0.15, 0.2) is 60.3 Å². The number of carbonyl (C=O) groups is 1. The molecule has 0 fully saturated rings. The Morgan fingerprint density at radius 1 is 1.24 bits per heavy atom. The molecule has 0 aliphatic rings. The van der Waals surface area contributed by atoms with Crippen LogP contribution in [0.25, 0.3) is 11.4 Å². The van der Waals surface area contributed by atoms with Gasteiger partial charge in [0.05, 0.1) is 5.25 Å². The topological polar surface area (TPSA) is 59.8 Å². The van der Waals surface area contributed by atoms with Gasteiger partial charge in [-0.25, -0.2) is 8.78 Å². The molecule has 2 aromatic carbocycles. The van der Waals surface area contributed by atoms with Gasteiger partial charge in [0.1, 0.15) is 11.6 Å². The molecule has 5 nitrogen and oxygen atoms in total. The molecule has 0 unspecified atom stereocenters. The molecule has 0 aliphatic carbocycles. The Morgan fingerprint density at radius 3 is 2.62 bits per heavy atom. The van der Waals surface area contributed by atoms with Crippen LogP contribution in [-0.4, -0.2) is 25.9 Å². The lowest BCUT2D eigenvalue weighted by molar-refractivity contribution is -0.115. The molecule has 3 aromatic rings. The lowest BCUT2D eigenvalue weighted by Gasteiger charge is -2.13. The number of carbonyl (C=O) groups excluding carboxylic acids is 1. The minimum atomic E-state index is -0.506. The van der Waals surface area contributed by atoms with Crippen molar-refractivity contribution in [3.63, 3.8) is 0 Å². The number of nitrogens with zero attached hydrogens (tertiary/aromatic N) is 3. The van der Waals surface area contributed by atoms with Crippen LogP contribution in [0.5, 0.6) is 0 Å². The smallest absolute Gasteiger partial charge is 0.237 e. The van der Waals surface area contributed by atoms with Crippen molar-refractivity contribution in [3.05, 3.63) is 72.3 Å². The van der Waals surface area contributed by atoms with Gasteiger partial charge in [0.25, 0.3) is 0 Å². The Labute approximate surface area is 171 Å². The number of aromatic nitrogens is 3. The SMILES string of the molecule is C=CCn1c(S[C@@H](C)C(=O)Nc2ccc(C)c(F)c2)nnc1-c1ccc(F)cc1. The molecule has 8 heteroatoms. The molecule has 3 rings (SSSR count). The van der Waals surface area contributed by atoms with Crippen molar-refractivity contribution in [1.29, 1.82) is 0 Å². The van der Waals surface area contributed by atoms with E-state index in [-0.39, 0.29) is 17.5 Å². The molecule has 0 spiro atoms. The fourth-order valence-corrected chi connectivity index (χ4v) is 3.47. The van der Waals surface area contributed by atoms with Crippen LogP contribution in [0, 0.1) is 18.6 Å². The second kappa shape index (κ2) is 9.00. The zero-order chi connectivity index (χ0) is 21.0. The molecule has 0 aliphatic heterocycles. The Hall–Kier alpha value is -3.00. The number of aryl methyl sites for hydroxylation is 1. The van der Waals surface area contributed by atoms with Crippen LogP contribution >= 0.6 is 11.8 Å². The number of anilines is 1. The van der Waals surface area contributed by atoms with Crippen molar-refractivity contribution in [2.24, 2.45) is 0 Å². The van der Waals surface area contributed by atoms with E-state index in [4.69, 9.17) is 0 Å². The van der Waals surface area contributed by atoms with E-state index in [9.17, 15) is 13.6 Å². The summed E-state index contributed by atoms with van der Waals surface area (Å²) in [5.41, 5.74) is 1.61. The van der Waals surface area contributed by atoms with E-state index >= 15 is 0 Å². The Morgan fingerprint density at radius 2 is 1.97 bits per heavy atom. The zero-order valence-electron chi connectivity index (χ0n) is 16.0. The first-order valence-corrected chi connectivity index (χ1v) is 9.80. The third kappa shape index (κ3) is 4.89. The lowest BCUT2D eigenvalue weighted by atomic mass is 10.2. The molecule has 150 valence electrons. The van der Waals surface area contributed by atoms with E-state index in [1.807, 2.05) is 0 Å². The number of allylic oxidation sites excluding steroid dienone is 1. The number of hydrogen-bond donors (Lipinski definition) is 1. The van der Waals surface area contributed by atoms with Crippen LogP contribution in [0.3, 0.4) is 0 Å². The first kappa shape index (κ1) is 20.7. The monoisotopic (exact) mass is 414 g/mol. The molecule has 1 amide bonds. The van der Waals surface area contributed by atoms with Crippen LogP contribution in [0.4, 0.5) is 14.5 Å². The summed E-state index contributed by atoms with van der Waals surface area (Å²) in [4.78, 5) is 12.5. The first-order valence-electron chi connectivity index (χ1n) is 8.92. The van der Waals surface area contributed by atoms with Crippen LogP contribution in [0.2, 0.25) is 0 Å². The zero-order valence-corrected chi connectivity index (χ0v) is 16.8. The standard InChI is InChI=1S/C21H20F2N4OS/c1-4-11-27-19(15-6-8-16(22)9-7-15)25-26-21(27)29-14(3)20(28)24-17-10-5-13(2)18(23)12-17/h4-10,12,14H,1,11H2,2-3H3,(H,24,28)/t14-/m0/s1. The summed E-state index contributed by atoms with van der Waals surface area (Å²) in [5.74, 6) is -0.441. The average Bonchev–Trinajstić information content (AvgIpc) is 3.08. The fourth-order valence-electron chi connectivity index (χ4n) is 2.61. The third-order valence-corrected chi connectivity index (χ3v) is 5.30.